The van der Waals surface area contributed by atoms with Gasteiger partial charge in [0.2, 0.25) is 5.91 Å². The normalized spacial score (nSPS) is 11.4. The summed E-state index contributed by atoms with van der Waals surface area (Å²) in [7, 11) is 2.87. The number of likely N-dealkylation sites (N-methyl/N-ethyl adjacent to an activating group) is 1. The molecule has 1 atom stereocenters. The van der Waals surface area contributed by atoms with E-state index in [0.29, 0.717) is 6.07 Å². The minimum atomic E-state index is -1.32. The Balaban J connectivity index is 3.35. The molecule has 0 spiro atoms. The number of carbonyl (C=O) groups excluding carboxylic acids is 1. The Kier molecular flexibility index (Phi) is 3.94. The van der Waals surface area contributed by atoms with E-state index in [-0.39, 0.29) is 5.56 Å². The first kappa shape index (κ1) is 13.6. The van der Waals surface area contributed by atoms with Gasteiger partial charge in [-0.3, -0.25) is 14.9 Å². The SMILES string of the molecule is CN(C)C(=O)C(C#N)c1ccc(F)cc1[N+](=O)[O-]. The first-order valence-corrected chi connectivity index (χ1v) is 4.93. The Morgan fingerprint density at radius 3 is 2.61 bits per heavy atom. The molecule has 0 aliphatic carbocycles. The molecule has 94 valence electrons. The highest BCUT2D eigenvalue weighted by atomic mass is 19.1. The molecule has 0 saturated carbocycles. The Morgan fingerprint density at radius 2 is 2.17 bits per heavy atom. The number of nitrogens with zero attached hydrogens (tertiary/aromatic N) is 3. The molecular weight excluding hydrogens is 241 g/mol. The van der Waals surface area contributed by atoms with E-state index < -0.39 is 28.3 Å². The fourth-order valence-corrected chi connectivity index (χ4v) is 1.44. The van der Waals surface area contributed by atoms with E-state index in [1.807, 2.05) is 0 Å². The second kappa shape index (κ2) is 5.23. The van der Waals surface area contributed by atoms with E-state index in [1.54, 1.807) is 6.07 Å². The zero-order valence-corrected chi connectivity index (χ0v) is 9.75. The molecule has 1 unspecified atom stereocenters. The highest BCUT2D eigenvalue weighted by Crippen LogP contribution is 2.28. The van der Waals surface area contributed by atoms with Crippen molar-refractivity contribution in [2.24, 2.45) is 0 Å². The van der Waals surface area contributed by atoms with Gasteiger partial charge in [0.05, 0.1) is 22.6 Å². The van der Waals surface area contributed by atoms with Crippen LogP contribution in [0.15, 0.2) is 18.2 Å². The zero-order chi connectivity index (χ0) is 13.9. The summed E-state index contributed by atoms with van der Waals surface area (Å²) in [6, 6.07) is 4.46. The van der Waals surface area contributed by atoms with Gasteiger partial charge in [0.1, 0.15) is 5.82 Å². The van der Waals surface area contributed by atoms with Crippen LogP contribution in [-0.2, 0) is 4.79 Å². The summed E-state index contributed by atoms with van der Waals surface area (Å²) in [5, 5.41) is 19.8. The van der Waals surface area contributed by atoms with Crippen LogP contribution < -0.4 is 0 Å². The molecule has 18 heavy (non-hydrogen) atoms. The number of hydrogen-bond donors (Lipinski definition) is 0. The number of hydrogen-bond acceptors (Lipinski definition) is 4. The highest BCUT2D eigenvalue weighted by molar-refractivity contribution is 5.87. The number of rotatable bonds is 3. The minimum absolute atomic E-state index is 0.109. The van der Waals surface area contributed by atoms with Crippen LogP contribution in [0.5, 0.6) is 0 Å². The van der Waals surface area contributed by atoms with E-state index in [9.17, 15) is 19.3 Å². The van der Waals surface area contributed by atoms with Crippen LogP contribution in [0.3, 0.4) is 0 Å². The van der Waals surface area contributed by atoms with Crippen molar-refractivity contribution >= 4 is 11.6 Å². The minimum Gasteiger partial charge on any atom is -0.347 e. The molecule has 0 radical (unpaired) electrons. The van der Waals surface area contributed by atoms with Gasteiger partial charge in [0.25, 0.3) is 5.69 Å². The van der Waals surface area contributed by atoms with Crippen molar-refractivity contribution < 1.29 is 14.1 Å². The second-order valence-electron chi connectivity index (χ2n) is 3.76. The molecule has 0 N–H and O–H groups in total. The number of nitriles is 1. The topological polar surface area (TPSA) is 87.2 Å². The van der Waals surface area contributed by atoms with Gasteiger partial charge in [0.15, 0.2) is 5.92 Å². The third-order valence-electron chi connectivity index (χ3n) is 2.32. The summed E-state index contributed by atoms with van der Waals surface area (Å²) in [4.78, 5) is 22.9. The maximum atomic E-state index is 13.0. The molecule has 0 heterocycles. The molecule has 1 rings (SSSR count). The lowest BCUT2D eigenvalue weighted by Gasteiger charge is -2.15. The van der Waals surface area contributed by atoms with Gasteiger partial charge >= 0.3 is 0 Å². The van der Waals surface area contributed by atoms with Crippen molar-refractivity contribution in [1.29, 1.82) is 5.26 Å². The van der Waals surface area contributed by atoms with Crippen molar-refractivity contribution in [2.45, 2.75) is 5.92 Å². The summed E-state index contributed by atoms with van der Waals surface area (Å²) in [6.45, 7) is 0. The van der Waals surface area contributed by atoms with E-state index >= 15 is 0 Å². The van der Waals surface area contributed by atoms with E-state index in [2.05, 4.69) is 0 Å². The number of nitro benzene ring substituents is 1. The lowest BCUT2D eigenvalue weighted by atomic mass is 9.97. The average molecular weight is 251 g/mol. The van der Waals surface area contributed by atoms with Crippen LogP contribution in [0.4, 0.5) is 10.1 Å². The van der Waals surface area contributed by atoms with E-state index in [4.69, 9.17) is 5.26 Å². The van der Waals surface area contributed by atoms with Crippen molar-refractivity contribution in [3.63, 3.8) is 0 Å². The second-order valence-corrected chi connectivity index (χ2v) is 3.76. The largest absolute Gasteiger partial charge is 0.347 e. The summed E-state index contributed by atoms with van der Waals surface area (Å²) < 4.78 is 13.0. The van der Waals surface area contributed by atoms with E-state index in [1.165, 1.54) is 14.1 Å². The maximum absolute atomic E-state index is 13.0. The molecule has 0 aromatic heterocycles. The number of carbonyl (C=O) groups is 1. The fourth-order valence-electron chi connectivity index (χ4n) is 1.44. The van der Waals surface area contributed by atoms with Crippen molar-refractivity contribution in [1.82, 2.24) is 4.90 Å². The molecule has 0 aliphatic rings. The van der Waals surface area contributed by atoms with Gasteiger partial charge in [-0.05, 0) is 12.1 Å². The quantitative estimate of drug-likeness (QED) is 0.600. The monoisotopic (exact) mass is 251 g/mol. The van der Waals surface area contributed by atoms with Gasteiger partial charge in [-0.25, -0.2) is 4.39 Å². The van der Waals surface area contributed by atoms with Gasteiger partial charge in [-0.2, -0.15) is 5.26 Å². The Morgan fingerprint density at radius 1 is 1.56 bits per heavy atom. The Labute approximate surface area is 102 Å². The van der Waals surface area contributed by atoms with Crippen LogP contribution in [-0.4, -0.2) is 29.8 Å². The van der Waals surface area contributed by atoms with Gasteiger partial charge in [-0.1, -0.05) is 0 Å². The third-order valence-corrected chi connectivity index (χ3v) is 2.32. The summed E-state index contributed by atoms with van der Waals surface area (Å²) >= 11 is 0. The number of amides is 1. The molecule has 6 nitrogen and oxygen atoms in total. The molecule has 0 bridgehead atoms. The predicted molar refractivity (Wildman–Crippen MR) is 60.1 cm³/mol. The lowest BCUT2D eigenvalue weighted by Crippen LogP contribution is -2.27. The zero-order valence-electron chi connectivity index (χ0n) is 9.75. The summed E-state index contributed by atoms with van der Waals surface area (Å²) in [6.07, 6.45) is 0. The standard InChI is InChI=1S/C11H10FN3O3/c1-14(2)11(16)9(6-13)8-4-3-7(12)5-10(8)15(17)18/h3-5,9H,1-2H3. The van der Waals surface area contributed by atoms with Crippen LogP contribution in [0, 0.1) is 27.3 Å². The lowest BCUT2D eigenvalue weighted by molar-refractivity contribution is -0.385. The molecular formula is C11H10FN3O3. The van der Waals surface area contributed by atoms with Crippen LogP contribution in [0.1, 0.15) is 11.5 Å². The van der Waals surface area contributed by atoms with Crippen LogP contribution in [0.2, 0.25) is 0 Å². The van der Waals surface area contributed by atoms with Gasteiger partial charge < -0.3 is 4.90 Å². The smallest absolute Gasteiger partial charge is 0.277 e. The molecule has 7 heteroatoms. The first-order chi connectivity index (χ1) is 8.38. The molecule has 0 aliphatic heterocycles. The Hall–Kier alpha value is -2.49. The number of nitro groups is 1. The van der Waals surface area contributed by atoms with Crippen molar-refractivity contribution in [2.75, 3.05) is 14.1 Å². The molecule has 1 amide bonds. The molecule has 0 saturated heterocycles. The Bertz CT molecular complexity index is 537. The summed E-state index contributed by atoms with van der Waals surface area (Å²) in [5.41, 5.74) is -0.681. The highest BCUT2D eigenvalue weighted by Gasteiger charge is 2.29. The van der Waals surface area contributed by atoms with Crippen molar-refractivity contribution in [3.8, 4) is 6.07 Å². The third kappa shape index (κ3) is 2.60. The fraction of sp³-hybridized carbons (Fsp3) is 0.273. The predicted octanol–water partition coefficient (Wildman–Crippen LogP) is 1.43. The molecule has 1 aromatic carbocycles. The van der Waals surface area contributed by atoms with Crippen molar-refractivity contribution in [3.05, 3.63) is 39.7 Å². The number of halogens is 1. The van der Waals surface area contributed by atoms with Crippen LogP contribution >= 0.6 is 0 Å². The van der Waals surface area contributed by atoms with Gasteiger partial charge in [-0.15, -0.1) is 0 Å². The maximum Gasteiger partial charge on any atom is 0.277 e. The van der Waals surface area contributed by atoms with Gasteiger partial charge in [0, 0.05) is 14.1 Å². The molecule has 0 fully saturated rings. The number of benzene rings is 1. The summed E-state index contributed by atoms with van der Waals surface area (Å²) in [5.74, 6) is -2.70. The first-order valence-electron chi connectivity index (χ1n) is 4.93. The molecule has 1 aromatic rings. The van der Waals surface area contributed by atoms with Crippen LogP contribution in [0.25, 0.3) is 0 Å². The van der Waals surface area contributed by atoms with E-state index in [0.717, 1.165) is 17.0 Å². The average Bonchev–Trinajstić information content (AvgIpc) is 2.31.